The summed E-state index contributed by atoms with van der Waals surface area (Å²) in [7, 11) is 0. The number of nitrogens with zero attached hydrogens (tertiary/aromatic N) is 1. The van der Waals surface area contributed by atoms with Gasteiger partial charge in [0.15, 0.2) is 0 Å². The van der Waals surface area contributed by atoms with Crippen LogP contribution in [-0.4, -0.2) is 30.0 Å². The summed E-state index contributed by atoms with van der Waals surface area (Å²) in [6.07, 6.45) is 0.407. The molecule has 0 spiro atoms. The van der Waals surface area contributed by atoms with Gasteiger partial charge in [-0.15, -0.1) is 0 Å². The number of hydrogen-bond acceptors (Lipinski definition) is 5. The van der Waals surface area contributed by atoms with Gasteiger partial charge in [0.25, 0.3) is 5.69 Å². The highest BCUT2D eigenvalue weighted by Crippen LogP contribution is 2.28. The van der Waals surface area contributed by atoms with Gasteiger partial charge in [-0.25, -0.2) is 0 Å². The maximum absolute atomic E-state index is 11.2. The molecule has 0 saturated heterocycles. The fraction of sp³-hybridized carbons (Fsp3) is 0.500. The Morgan fingerprint density at radius 2 is 2.10 bits per heavy atom. The van der Waals surface area contributed by atoms with E-state index in [2.05, 4.69) is 5.32 Å². The van der Waals surface area contributed by atoms with Gasteiger partial charge in [-0.2, -0.15) is 0 Å². The number of nitro benzene ring substituents is 1. The molecular weight excluding hydrogens is 274 g/mol. The molecule has 1 aromatic rings. The van der Waals surface area contributed by atoms with Crippen LogP contribution in [0, 0.1) is 24.0 Å². The highest BCUT2D eigenvalue weighted by Gasteiger charge is 2.16. The number of primary amides is 1. The minimum absolute atomic E-state index is 0.0220. The normalized spacial score (nSPS) is 12.0. The molecular formula is C14H21N3O4. The zero-order valence-corrected chi connectivity index (χ0v) is 12.5. The molecule has 1 unspecified atom stereocenters. The summed E-state index contributed by atoms with van der Waals surface area (Å²) in [5, 5.41) is 13.9. The summed E-state index contributed by atoms with van der Waals surface area (Å²) in [6, 6.07) is 2.66. The van der Waals surface area contributed by atoms with Crippen molar-refractivity contribution < 1.29 is 14.5 Å². The molecule has 0 aliphatic rings. The Balaban J connectivity index is 2.73. The van der Waals surface area contributed by atoms with Crippen molar-refractivity contribution in [3.63, 3.8) is 0 Å². The van der Waals surface area contributed by atoms with Gasteiger partial charge >= 0.3 is 0 Å². The number of likely N-dealkylation sites (N-methyl/N-ethyl adjacent to an activating group) is 1. The third-order valence-electron chi connectivity index (χ3n) is 3.15. The number of hydrogen-bond donors (Lipinski definition) is 2. The van der Waals surface area contributed by atoms with Crippen LogP contribution in [0.4, 0.5) is 5.69 Å². The number of carbonyl (C=O) groups excluding carboxylic acids is 1. The average Bonchev–Trinajstić information content (AvgIpc) is 2.39. The van der Waals surface area contributed by atoms with Crippen molar-refractivity contribution >= 4 is 11.6 Å². The molecule has 0 heterocycles. The van der Waals surface area contributed by atoms with Crippen LogP contribution in [0.1, 0.15) is 24.5 Å². The smallest absolute Gasteiger partial charge is 0.276 e. The lowest BCUT2D eigenvalue weighted by atomic mass is 10.1. The van der Waals surface area contributed by atoms with Crippen molar-refractivity contribution in [2.75, 3.05) is 13.2 Å². The van der Waals surface area contributed by atoms with Crippen molar-refractivity contribution in [3.8, 4) is 5.75 Å². The molecule has 0 fully saturated rings. The lowest BCUT2D eigenvalue weighted by Crippen LogP contribution is -2.42. The molecule has 3 N–H and O–H groups in total. The van der Waals surface area contributed by atoms with E-state index in [9.17, 15) is 14.9 Å². The zero-order valence-electron chi connectivity index (χ0n) is 12.5. The zero-order chi connectivity index (χ0) is 16.0. The predicted molar refractivity (Wildman–Crippen MR) is 79.3 cm³/mol. The molecule has 0 bridgehead atoms. The first-order valence-electron chi connectivity index (χ1n) is 6.78. The van der Waals surface area contributed by atoms with Crippen LogP contribution in [0.15, 0.2) is 12.1 Å². The third kappa shape index (κ3) is 4.71. The first-order valence-corrected chi connectivity index (χ1v) is 6.78. The molecule has 0 saturated carbocycles. The number of amides is 1. The molecule has 1 rings (SSSR count). The molecule has 21 heavy (non-hydrogen) atoms. The number of aryl methyl sites for hydroxylation is 2. The number of rotatable bonds is 8. The van der Waals surface area contributed by atoms with E-state index >= 15 is 0 Å². The minimum Gasteiger partial charge on any atom is -0.493 e. The third-order valence-corrected chi connectivity index (χ3v) is 3.15. The predicted octanol–water partition coefficient (Wildman–Crippen LogP) is 1.44. The number of nitrogens with one attached hydrogen (secondary N) is 1. The second-order valence-electron chi connectivity index (χ2n) is 4.81. The first kappa shape index (κ1) is 16.9. The van der Waals surface area contributed by atoms with Crippen LogP contribution >= 0.6 is 0 Å². The van der Waals surface area contributed by atoms with E-state index in [0.717, 1.165) is 5.56 Å². The fourth-order valence-electron chi connectivity index (χ4n) is 2.05. The Labute approximate surface area is 123 Å². The molecule has 1 atom stereocenters. The summed E-state index contributed by atoms with van der Waals surface area (Å²) in [5.41, 5.74) is 6.70. The van der Waals surface area contributed by atoms with E-state index in [0.29, 0.717) is 24.3 Å². The van der Waals surface area contributed by atoms with Crippen LogP contribution in [0.3, 0.4) is 0 Å². The lowest BCUT2D eigenvalue weighted by molar-refractivity contribution is -0.385. The first-order chi connectivity index (χ1) is 9.86. The molecule has 0 aromatic heterocycles. The molecule has 0 aliphatic heterocycles. The highest BCUT2D eigenvalue weighted by molar-refractivity contribution is 5.79. The van der Waals surface area contributed by atoms with E-state index in [1.54, 1.807) is 13.0 Å². The average molecular weight is 295 g/mol. The van der Waals surface area contributed by atoms with E-state index < -0.39 is 16.9 Å². The number of nitro groups is 1. The van der Waals surface area contributed by atoms with Gasteiger partial charge in [0.1, 0.15) is 5.75 Å². The Morgan fingerprint density at radius 3 is 2.62 bits per heavy atom. The summed E-state index contributed by atoms with van der Waals surface area (Å²) < 4.78 is 5.56. The van der Waals surface area contributed by atoms with Gasteiger partial charge in [0, 0.05) is 12.0 Å². The van der Waals surface area contributed by atoms with Gasteiger partial charge in [0.05, 0.1) is 23.6 Å². The quantitative estimate of drug-likeness (QED) is 0.557. The van der Waals surface area contributed by atoms with Crippen molar-refractivity contribution in [2.24, 2.45) is 5.73 Å². The summed E-state index contributed by atoms with van der Waals surface area (Å²) in [4.78, 5) is 21.7. The standard InChI is InChI=1S/C14H21N3O4/c1-4-16-11(14(15)18)5-6-21-13-8-12(17(19)20)9(2)7-10(13)3/h7-8,11,16H,4-6H2,1-3H3,(H2,15,18). The maximum atomic E-state index is 11.2. The highest BCUT2D eigenvalue weighted by atomic mass is 16.6. The van der Waals surface area contributed by atoms with E-state index in [1.807, 2.05) is 13.8 Å². The fourth-order valence-corrected chi connectivity index (χ4v) is 2.05. The molecule has 7 nitrogen and oxygen atoms in total. The number of benzene rings is 1. The minimum atomic E-state index is -0.462. The van der Waals surface area contributed by atoms with Crippen LogP contribution < -0.4 is 15.8 Å². The summed E-state index contributed by atoms with van der Waals surface area (Å²) in [6.45, 7) is 6.26. The van der Waals surface area contributed by atoms with Crippen molar-refractivity contribution in [3.05, 3.63) is 33.4 Å². The van der Waals surface area contributed by atoms with E-state index in [-0.39, 0.29) is 12.3 Å². The largest absolute Gasteiger partial charge is 0.493 e. The molecule has 0 radical (unpaired) electrons. The summed E-state index contributed by atoms with van der Waals surface area (Å²) in [5.74, 6) is 0.0130. The summed E-state index contributed by atoms with van der Waals surface area (Å²) >= 11 is 0. The second-order valence-corrected chi connectivity index (χ2v) is 4.81. The number of ether oxygens (including phenoxy) is 1. The monoisotopic (exact) mass is 295 g/mol. The molecule has 116 valence electrons. The Kier molecular flexibility index (Phi) is 6.10. The number of nitrogens with two attached hydrogens (primary N) is 1. The van der Waals surface area contributed by atoms with Crippen LogP contribution in [0.5, 0.6) is 5.75 Å². The van der Waals surface area contributed by atoms with Gasteiger partial charge in [-0.3, -0.25) is 14.9 Å². The van der Waals surface area contributed by atoms with Crippen molar-refractivity contribution in [1.82, 2.24) is 5.32 Å². The van der Waals surface area contributed by atoms with E-state index in [4.69, 9.17) is 10.5 Å². The van der Waals surface area contributed by atoms with E-state index in [1.165, 1.54) is 6.07 Å². The van der Waals surface area contributed by atoms with Crippen LogP contribution in [-0.2, 0) is 4.79 Å². The molecule has 0 aliphatic carbocycles. The Hall–Kier alpha value is -2.15. The number of carbonyl (C=O) groups is 1. The van der Waals surface area contributed by atoms with Gasteiger partial charge in [-0.1, -0.05) is 6.92 Å². The molecule has 1 aromatic carbocycles. The maximum Gasteiger partial charge on any atom is 0.276 e. The Morgan fingerprint density at radius 1 is 1.43 bits per heavy atom. The van der Waals surface area contributed by atoms with Crippen LogP contribution in [0.2, 0.25) is 0 Å². The lowest BCUT2D eigenvalue weighted by Gasteiger charge is -2.15. The molecule has 7 heteroatoms. The van der Waals surface area contributed by atoms with Gasteiger partial charge in [-0.05, 0) is 32.0 Å². The topological polar surface area (TPSA) is 107 Å². The molecule has 1 amide bonds. The van der Waals surface area contributed by atoms with Crippen LogP contribution in [0.25, 0.3) is 0 Å². The van der Waals surface area contributed by atoms with Crippen molar-refractivity contribution in [1.29, 1.82) is 0 Å². The van der Waals surface area contributed by atoms with Gasteiger partial charge in [0.2, 0.25) is 5.91 Å². The SMILES string of the molecule is CCNC(CCOc1cc([N+](=O)[O-])c(C)cc1C)C(N)=O. The van der Waals surface area contributed by atoms with Gasteiger partial charge < -0.3 is 15.8 Å². The van der Waals surface area contributed by atoms with Crippen molar-refractivity contribution in [2.45, 2.75) is 33.2 Å². The second kappa shape index (κ2) is 7.58. The Bertz CT molecular complexity index is 531.